The van der Waals surface area contributed by atoms with Crippen LogP contribution >= 0.6 is 0 Å². The van der Waals surface area contributed by atoms with Gasteiger partial charge in [0.05, 0.1) is 16.3 Å². The minimum atomic E-state index is -5.11. The zero-order chi connectivity index (χ0) is 38.8. The highest BCUT2D eigenvalue weighted by atomic mass is 32.2. The number of sulfonamides is 1. The highest BCUT2D eigenvalue weighted by Crippen LogP contribution is 2.44. The average Bonchev–Trinajstić information content (AvgIpc) is 3.06. The van der Waals surface area contributed by atoms with Crippen LogP contribution in [-0.2, 0) is 40.4 Å². The van der Waals surface area contributed by atoms with Crippen LogP contribution in [0.2, 0.25) is 0 Å². The van der Waals surface area contributed by atoms with E-state index in [4.69, 9.17) is 4.74 Å². The summed E-state index contributed by atoms with van der Waals surface area (Å²) in [6.45, 7) is 8.65. The van der Waals surface area contributed by atoms with E-state index in [1.165, 1.54) is 42.5 Å². The van der Waals surface area contributed by atoms with Gasteiger partial charge >= 0.3 is 0 Å². The van der Waals surface area contributed by atoms with Gasteiger partial charge in [-0.05, 0) is 79.1 Å². The summed E-state index contributed by atoms with van der Waals surface area (Å²) in [7, 11) is -19.0. The van der Waals surface area contributed by atoms with Crippen molar-refractivity contribution in [3.63, 3.8) is 0 Å². The first-order chi connectivity index (χ1) is 24.6. The van der Waals surface area contributed by atoms with E-state index in [2.05, 4.69) is 16.6 Å². The van der Waals surface area contributed by atoms with Crippen molar-refractivity contribution in [1.29, 1.82) is 0 Å². The van der Waals surface area contributed by atoms with Crippen molar-refractivity contribution in [3.05, 3.63) is 123 Å². The summed E-state index contributed by atoms with van der Waals surface area (Å²) in [6, 6.07) is 18.7. The Kier molecular flexibility index (Phi) is 9.31. The van der Waals surface area contributed by atoms with E-state index in [0.717, 1.165) is 18.2 Å². The molecule has 276 valence electrons. The molecule has 0 saturated heterocycles. The molecule has 0 atom stereocenters. The Bertz CT molecular complexity index is 2950. The first-order valence-electron chi connectivity index (χ1n) is 15.3. The van der Waals surface area contributed by atoms with Crippen LogP contribution in [0.25, 0.3) is 12.2 Å². The van der Waals surface area contributed by atoms with Crippen LogP contribution < -0.4 is 25.2 Å². The molecule has 5 N–H and O–H groups in total. The number of anilines is 3. The molecule has 0 saturated carbocycles. The molecule has 1 aliphatic heterocycles. The zero-order valence-electron chi connectivity index (χ0n) is 27.9. The summed E-state index contributed by atoms with van der Waals surface area (Å²) >= 11 is 0. The van der Waals surface area contributed by atoms with E-state index in [0.29, 0.717) is 16.7 Å². The molecule has 5 aromatic carbocycles. The summed E-state index contributed by atoms with van der Waals surface area (Å²) in [4.78, 5) is -2.03. The molecule has 0 bridgehead atoms. The van der Waals surface area contributed by atoms with E-state index in [-0.39, 0.29) is 60.6 Å². The van der Waals surface area contributed by atoms with Crippen LogP contribution in [0.15, 0.2) is 105 Å². The maximum absolute atomic E-state index is 13.3. The van der Waals surface area contributed by atoms with Crippen LogP contribution in [0.5, 0.6) is 11.5 Å². The van der Waals surface area contributed by atoms with Gasteiger partial charge in [0.25, 0.3) is 40.4 Å². The zero-order valence-corrected chi connectivity index (χ0v) is 31.2. The van der Waals surface area contributed by atoms with Crippen molar-refractivity contribution in [1.82, 2.24) is 0 Å². The Hall–Kier alpha value is -5.08. The molecule has 0 amide bonds. The van der Waals surface area contributed by atoms with E-state index >= 15 is 0 Å². The monoisotopic (exact) mass is 798 g/mol. The maximum Gasteiger partial charge on any atom is 0.296 e. The Labute approximate surface area is 305 Å². The topological polar surface area (TPSA) is 231 Å². The fourth-order valence-electron chi connectivity index (χ4n) is 6.19. The lowest BCUT2D eigenvalue weighted by Gasteiger charge is -2.25. The van der Waals surface area contributed by atoms with Crippen LogP contribution in [0.4, 0.5) is 17.1 Å². The van der Waals surface area contributed by atoms with E-state index < -0.39 is 55.1 Å². The lowest BCUT2D eigenvalue weighted by atomic mass is 9.92. The van der Waals surface area contributed by atoms with Gasteiger partial charge < -0.3 is 10.1 Å². The quantitative estimate of drug-likeness (QED) is 0.126. The summed E-state index contributed by atoms with van der Waals surface area (Å²) in [5, 5.41) is 2.67. The first-order valence-corrected chi connectivity index (χ1v) is 21.1. The number of aryl methyl sites for hydroxylation is 2. The van der Waals surface area contributed by atoms with Gasteiger partial charge in [0.2, 0.25) is 0 Å². The lowest BCUT2D eigenvalue weighted by molar-refractivity contribution is 0.466. The summed E-state index contributed by atoms with van der Waals surface area (Å²) in [5.74, 6) is -0.195. The summed E-state index contributed by atoms with van der Waals surface area (Å²) < 4.78 is 142. The van der Waals surface area contributed by atoms with Crippen molar-refractivity contribution in [2.24, 2.45) is 0 Å². The predicted octanol–water partition coefficient (Wildman–Crippen LogP) is 4.66. The second kappa shape index (κ2) is 13.1. The SMILES string of the molecule is C=c1cc2c(cc1S(=O)(=O)O)=C(c1ccccc1S(=O)(=O)O)c1cc(S(=O)(=O)O)c(Nc3c(C)cc(C)c(NS(=O)(=O)c4ccccc4)c3C)cc1O2. The van der Waals surface area contributed by atoms with Gasteiger partial charge in [0.15, 0.2) is 0 Å². The Morgan fingerprint density at radius 1 is 0.604 bits per heavy atom. The third-order valence-electron chi connectivity index (χ3n) is 8.51. The van der Waals surface area contributed by atoms with Crippen LogP contribution in [0, 0.1) is 20.8 Å². The Balaban J connectivity index is 1.62. The van der Waals surface area contributed by atoms with E-state index in [9.17, 15) is 47.3 Å². The van der Waals surface area contributed by atoms with Gasteiger partial charge in [-0.15, -0.1) is 0 Å². The van der Waals surface area contributed by atoms with Crippen LogP contribution in [-0.4, -0.2) is 47.3 Å². The average molecular weight is 799 g/mol. The van der Waals surface area contributed by atoms with Gasteiger partial charge in [-0.3, -0.25) is 18.4 Å². The van der Waals surface area contributed by atoms with Crippen LogP contribution in [0.1, 0.15) is 27.8 Å². The summed E-state index contributed by atoms with van der Waals surface area (Å²) in [5.41, 5.74) is 1.19. The molecule has 0 spiro atoms. The standard InChI is InChI=1S/C35H30N2O12S4/c1-19-15-28-25(16-31(19)52(43,44)45)33(24-12-8-9-13-30(24)51(40,41)42)26-17-32(53(46,47)48)27(18-29(26)49-28)36-34-20(2)14-21(3)35(22(34)4)37-50(38,39)23-10-6-5-7-11-23/h5-18,36-37H,1H2,2-4H3,(H,40,41,42)(H,43,44,45)(H,46,47,48). The number of hydrogen-bond acceptors (Lipinski definition) is 10. The third kappa shape index (κ3) is 7.17. The highest BCUT2D eigenvalue weighted by molar-refractivity contribution is 7.92. The number of nitrogens with one attached hydrogen (secondary N) is 2. The number of hydrogen-bond donors (Lipinski definition) is 5. The van der Waals surface area contributed by atoms with E-state index in [1.54, 1.807) is 45.0 Å². The first kappa shape index (κ1) is 37.7. The second-order valence-corrected chi connectivity index (χ2v) is 18.0. The van der Waals surface area contributed by atoms with Gasteiger partial charge in [0.1, 0.15) is 26.2 Å². The molecule has 1 heterocycles. The fraction of sp³-hybridized carbons (Fsp3) is 0.0857. The molecule has 0 radical (unpaired) electrons. The Morgan fingerprint density at radius 3 is 1.81 bits per heavy atom. The molecule has 5 aromatic rings. The lowest BCUT2D eigenvalue weighted by Crippen LogP contribution is -2.25. The van der Waals surface area contributed by atoms with E-state index in [1.807, 2.05) is 0 Å². The normalized spacial score (nSPS) is 13.1. The van der Waals surface area contributed by atoms with Crippen molar-refractivity contribution >= 4 is 69.6 Å². The van der Waals surface area contributed by atoms with Crippen molar-refractivity contribution in [2.45, 2.75) is 40.4 Å². The predicted molar refractivity (Wildman–Crippen MR) is 196 cm³/mol. The van der Waals surface area contributed by atoms with Crippen molar-refractivity contribution < 1.29 is 52.1 Å². The minimum absolute atomic E-state index is 0.00596. The number of rotatable bonds is 9. The molecule has 14 nitrogen and oxygen atoms in total. The second-order valence-electron chi connectivity index (χ2n) is 12.1. The van der Waals surface area contributed by atoms with Gasteiger partial charge in [-0.1, -0.05) is 49.0 Å². The highest BCUT2D eigenvalue weighted by Gasteiger charge is 2.31. The maximum atomic E-state index is 13.3. The fourth-order valence-corrected chi connectivity index (χ4v) is 9.41. The van der Waals surface area contributed by atoms with Gasteiger partial charge in [-0.2, -0.15) is 25.3 Å². The molecular formula is C35H30N2O12S4. The summed E-state index contributed by atoms with van der Waals surface area (Å²) in [6.07, 6.45) is 0. The molecule has 18 heteroatoms. The molecule has 53 heavy (non-hydrogen) atoms. The van der Waals surface area contributed by atoms with Crippen LogP contribution in [0.3, 0.4) is 0 Å². The third-order valence-corrected chi connectivity index (χ3v) is 12.6. The smallest absolute Gasteiger partial charge is 0.296 e. The molecule has 0 aromatic heterocycles. The minimum Gasteiger partial charge on any atom is -0.456 e. The number of fused-ring (bicyclic) bond motifs is 2. The molecule has 1 aliphatic rings. The molecule has 6 rings (SSSR count). The van der Waals surface area contributed by atoms with Crippen molar-refractivity contribution in [2.75, 3.05) is 10.0 Å². The molecule has 0 fully saturated rings. The molecule has 0 aliphatic carbocycles. The molecular weight excluding hydrogens is 769 g/mol. The van der Waals surface area contributed by atoms with Gasteiger partial charge in [-0.25, -0.2) is 8.42 Å². The van der Waals surface area contributed by atoms with Gasteiger partial charge in [0, 0.05) is 33.7 Å². The number of ether oxygens (including phenoxy) is 1. The molecule has 0 unspecified atom stereocenters. The Morgan fingerprint density at radius 2 is 1.19 bits per heavy atom. The largest absolute Gasteiger partial charge is 0.456 e. The van der Waals surface area contributed by atoms with Crippen molar-refractivity contribution in [3.8, 4) is 11.5 Å². The number of benzene rings is 5.